The molecule has 0 spiro atoms. The Hall–Kier alpha value is -3.67. The maximum absolute atomic E-state index is 12.4. The average molecular weight is 454 g/mol. The minimum atomic E-state index is -1.65. The van der Waals surface area contributed by atoms with Gasteiger partial charge in [-0.15, -0.1) is 0 Å². The summed E-state index contributed by atoms with van der Waals surface area (Å²) in [6, 6.07) is 5.50. The molecule has 0 radical (unpaired) electrons. The van der Waals surface area contributed by atoms with Crippen molar-refractivity contribution in [1.29, 1.82) is 0 Å². The number of methoxy groups -OCH3 is 1. The maximum atomic E-state index is 12.4. The summed E-state index contributed by atoms with van der Waals surface area (Å²) in [5.74, 6) is -5.04. The Morgan fingerprint density at radius 1 is 0.844 bits per heavy atom. The van der Waals surface area contributed by atoms with Crippen molar-refractivity contribution in [3.63, 3.8) is 0 Å². The van der Waals surface area contributed by atoms with Gasteiger partial charge in [0, 0.05) is 20.8 Å². The fraction of sp³-hybridized carbons (Fsp3) is 0.450. The summed E-state index contributed by atoms with van der Waals surface area (Å²) in [7, 11) is 1.05. The van der Waals surface area contributed by atoms with Crippen molar-refractivity contribution in [2.45, 2.75) is 51.5 Å². The van der Waals surface area contributed by atoms with Crippen LogP contribution in [-0.2, 0) is 42.9 Å². The molecule has 1 fully saturated rings. The van der Waals surface area contributed by atoms with Gasteiger partial charge in [0.2, 0.25) is 12.4 Å². The van der Waals surface area contributed by atoms with Crippen LogP contribution in [0.25, 0.3) is 0 Å². The Morgan fingerprint density at radius 2 is 1.38 bits per heavy atom. The molecule has 1 saturated heterocycles. The van der Waals surface area contributed by atoms with Gasteiger partial charge >= 0.3 is 29.8 Å². The minimum Gasteiger partial charge on any atom is -0.478 e. The predicted octanol–water partition coefficient (Wildman–Crippen LogP) is 0.457. The van der Waals surface area contributed by atoms with Crippen LogP contribution >= 0.6 is 0 Å². The first-order valence-corrected chi connectivity index (χ1v) is 9.29. The minimum absolute atomic E-state index is 0.182. The zero-order valence-electron chi connectivity index (χ0n) is 17.6. The number of esters is 4. The summed E-state index contributed by atoms with van der Waals surface area (Å²) in [4.78, 5) is 59.0. The Labute approximate surface area is 182 Å². The van der Waals surface area contributed by atoms with E-state index in [1.54, 1.807) is 0 Å². The molecule has 2 rings (SSSR count). The Bertz CT molecular complexity index is 894. The summed E-state index contributed by atoms with van der Waals surface area (Å²) < 4.78 is 31.4. The van der Waals surface area contributed by atoms with Crippen LogP contribution < -0.4 is 4.74 Å². The molecule has 32 heavy (non-hydrogen) atoms. The van der Waals surface area contributed by atoms with Crippen molar-refractivity contribution in [2.24, 2.45) is 0 Å². The molecular formula is C20H22O12. The number of carboxylic acids is 1. The molecule has 5 atom stereocenters. The number of hydrogen-bond acceptors (Lipinski definition) is 11. The molecule has 1 aliphatic heterocycles. The van der Waals surface area contributed by atoms with E-state index >= 15 is 0 Å². The molecule has 12 heteroatoms. The second-order valence-electron chi connectivity index (χ2n) is 6.59. The van der Waals surface area contributed by atoms with Crippen molar-refractivity contribution in [2.75, 3.05) is 7.11 Å². The molecule has 1 aliphatic rings. The lowest BCUT2D eigenvalue weighted by molar-refractivity contribution is -0.282. The number of benzene rings is 1. The molecule has 0 aromatic heterocycles. The van der Waals surface area contributed by atoms with E-state index in [9.17, 15) is 29.1 Å². The van der Waals surface area contributed by atoms with Crippen molar-refractivity contribution < 1.29 is 57.5 Å². The molecular weight excluding hydrogens is 432 g/mol. The highest BCUT2D eigenvalue weighted by Gasteiger charge is 2.56. The lowest BCUT2D eigenvalue weighted by atomic mass is 9.97. The first kappa shape index (κ1) is 24.6. The lowest BCUT2D eigenvalue weighted by Gasteiger charge is -2.43. The third-order valence-corrected chi connectivity index (χ3v) is 4.20. The maximum Gasteiger partial charge on any atom is 0.339 e. The first-order chi connectivity index (χ1) is 15.0. The highest BCUT2D eigenvalue weighted by Crippen LogP contribution is 2.32. The second-order valence-corrected chi connectivity index (χ2v) is 6.59. The fourth-order valence-corrected chi connectivity index (χ4v) is 3.05. The first-order valence-electron chi connectivity index (χ1n) is 9.29. The number of carboxylic acid groups (broad SMARTS) is 1. The second kappa shape index (κ2) is 10.6. The molecule has 174 valence electrons. The molecule has 0 aliphatic carbocycles. The number of para-hydroxylation sites is 1. The van der Waals surface area contributed by atoms with Gasteiger partial charge in [-0.1, -0.05) is 12.1 Å². The normalized spacial score (nSPS) is 24.6. The van der Waals surface area contributed by atoms with Crippen LogP contribution in [-0.4, -0.2) is 72.8 Å². The van der Waals surface area contributed by atoms with E-state index < -0.39 is 60.6 Å². The van der Waals surface area contributed by atoms with Crippen LogP contribution in [0, 0.1) is 0 Å². The van der Waals surface area contributed by atoms with E-state index in [-0.39, 0.29) is 11.3 Å². The van der Waals surface area contributed by atoms with Crippen molar-refractivity contribution in [3.05, 3.63) is 29.8 Å². The zero-order valence-corrected chi connectivity index (χ0v) is 17.6. The number of aromatic carboxylic acids is 1. The van der Waals surface area contributed by atoms with Gasteiger partial charge in [0.1, 0.15) is 11.3 Å². The molecule has 1 unspecified atom stereocenters. The molecule has 12 nitrogen and oxygen atoms in total. The number of hydrogen-bond donors (Lipinski definition) is 1. The molecule has 1 aromatic carbocycles. The third kappa shape index (κ3) is 5.94. The van der Waals surface area contributed by atoms with E-state index in [1.807, 2.05) is 0 Å². The van der Waals surface area contributed by atoms with Gasteiger partial charge in [-0.3, -0.25) is 14.4 Å². The molecule has 0 amide bonds. The topological polar surface area (TPSA) is 161 Å². The van der Waals surface area contributed by atoms with Crippen molar-refractivity contribution in [3.8, 4) is 5.75 Å². The van der Waals surface area contributed by atoms with Crippen LogP contribution in [0.4, 0.5) is 0 Å². The number of rotatable bonds is 7. The average Bonchev–Trinajstić information content (AvgIpc) is 2.70. The third-order valence-electron chi connectivity index (χ3n) is 4.20. The SMILES string of the molecule is COC(=O)C1O[C@H](Oc2ccccc2C(=O)O)[C@H](OC(C)=O)[C@H](OC(C)=O)[C@H]1OC(C)=O. The summed E-state index contributed by atoms with van der Waals surface area (Å²) in [5.41, 5.74) is -0.251. The fourth-order valence-electron chi connectivity index (χ4n) is 3.05. The number of carbonyl (C=O) groups is 5. The van der Waals surface area contributed by atoms with Gasteiger partial charge in [-0.2, -0.15) is 0 Å². The summed E-state index contributed by atoms with van der Waals surface area (Å²) in [5, 5.41) is 9.39. The molecule has 1 N–H and O–H groups in total. The van der Waals surface area contributed by atoms with Gasteiger partial charge in [-0.05, 0) is 12.1 Å². The molecule has 1 heterocycles. The lowest BCUT2D eigenvalue weighted by Crippen LogP contribution is -2.64. The van der Waals surface area contributed by atoms with Gasteiger partial charge < -0.3 is 33.5 Å². The molecule has 0 saturated carbocycles. The van der Waals surface area contributed by atoms with Gasteiger partial charge in [-0.25, -0.2) is 9.59 Å². The van der Waals surface area contributed by atoms with Crippen LogP contribution in [0.15, 0.2) is 24.3 Å². The van der Waals surface area contributed by atoms with Gasteiger partial charge in [0.15, 0.2) is 18.3 Å². The van der Waals surface area contributed by atoms with E-state index in [0.29, 0.717) is 0 Å². The number of carbonyl (C=O) groups excluding carboxylic acids is 4. The van der Waals surface area contributed by atoms with E-state index in [4.69, 9.17) is 23.7 Å². The zero-order chi connectivity index (χ0) is 24.0. The van der Waals surface area contributed by atoms with Crippen LogP contribution in [0.5, 0.6) is 5.75 Å². The van der Waals surface area contributed by atoms with Crippen LogP contribution in [0.2, 0.25) is 0 Å². The Morgan fingerprint density at radius 3 is 1.91 bits per heavy atom. The number of ether oxygens (including phenoxy) is 6. The Balaban J connectivity index is 2.56. The van der Waals surface area contributed by atoms with Crippen LogP contribution in [0.3, 0.4) is 0 Å². The highest BCUT2D eigenvalue weighted by atomic mass is 16.7. The van der Waals surface area contributed by atoms with Crippen molar-refractivity contribution >= 4 is 29.8 Å². The Kier molecular flexibility index (Phi) is 8.13. The smallest absolute Gasteiger partial charge is 0.339 e. The predicted molar refractivity (Wildman–Crippen MR) is 101 cm³/mol. The molecule has 0 bridgehead atoms. The largest absolute Gasteiger partial charge is 0.478 e. The standard InChI is InChI=1S/C20H22O12/c1-9(21)28-14-15(29-10(2)22)17(30-11(3)23)20(32-16(14)19(26)27-4)31-13-8-6-5-7-12(13)18(24)25/h5-8,14-17,20H,1-4H3,(H,24,25)/t14-,15-,16?,17-,20+/m1/s1. The van der Waals surface area contributed by atoms with E-state index in [1.165, 1.54) is 24.3 Å². The monoisotopic (exact) mass is 454 g/mol. The van der Waals surface area contributed by atoms with E-state index in [2.05, 4.69) is 4.74 Å². The summed E-state index contributed by atoms with van der Waals surface area (Å²) in [6.07, 6.45) is -7.92. The van der Waals surface area contributed by atoms with Crippen molar-refractivity contribution in [1.82, 2.24) is 0 Å². The van der Waals surface area contributed by atoms with Gasteiger partial charge in [0.25, 0.3) is 0 Å². The molecule has 1 aromatic rings. The van der Waals surface area contributed by atoms with Gasteiger partial charge in [0.05, 0.1) is 7.11 Å². The summed E-state index contributed by atoms with van der Waals surface area (Å²) >= 11 is 0. The quantitative estimate of drug-likeness (QED) is 0.448. The highest BCUT2D eigenvalue weighted by molar-refractivity contribution is 5.90. The summed E-state index contributed by atoms with van der Waals surface area (Å²) in [6.45, 7) is 3.15. The van der Waals surface area contributed by atoms with Crippen LogP contribution in [0.1, 0.15) is 31.1 Å². The van der Waals surface area contributed by atoms with E-state index in [0.717, 1.165) is 27.9 Å².